The van der Waals surface area contributed by atoms with Gasteiger partial charge in [0.15, 0.2) is 0 Å². The lowest BCUT2D eigenvalue weighted by Gasteiger charge is -2.24. The summed E-state index contributed by atoms with van der Waals surface area (Å²) in [6.45, 7) is 5.99. The van der Waals surface area contributed by atoms with Crippen molar-refractivity contribution in [2.75, 3.05) is 16.8 Å². The summed E-state index contributed by atoms with van der Waals surface area (Å²) in [7, 11) is 0. The molecule has 0 radical (unpaired) electrons. The van der Waals surface area contributed by atoms with Crippen LogP contribution < -0.4 is 9.64 Å². The van der Waals surface area contributed by atoms with Crippen LogP contribution in [0.1, 0.15) is 27.2 Å². The highest BCUT2D eigenvalue weighted by Crippen LogP contribution is 2.21. The van der Waals surface area contributed by atoms with Gasteiger partial charge in [-0.05, 0) is 51.5 Å². The van der Waals surface area contributed by atoms with E-state index < -0.39 is 11.7 Å². The molecule has 0 aliphatic rings. The van der Waals surface area contributed by atoms with Gasteiger partial charge >= 0.3 is 6.09 Å². The third kappa shape index (κ3) is 6.16. The molecule has 5 nitrogen and oxygen atoms in total. The number of hydrogen-bond acceptors (Lipinski definition) is 4. The largest absolute Gasteiger partial charge is 0.494 e. The minimum Gasteiger partial charge on any atom is -0.494 e. The topological polar surface area (TPSA) is 62.6 Å². The van der Waals surface area contributed by atoms with Gasteiger partial charge in [0, 0.05) is 5.33 Å². The fourth-order valence-corrected chi connectivity index (χ4v) is 1.72. The number of benzene rings is 1. The van der Waals surface area contributed by atoms with E-state index in [2.05, 4.69) is 15.9 Å². The molecule has 21 heavy (non-hydrogen) atoms. The molecule has 6 heteroatoms. The zero-order valence-corrected chi connectivity index (χ0v) is 14.1. The summed E-state index contributed by atoms with van der Waals surface area (Å²) in [5.74, 6) is 0.730. The molecule has 1 N–H and O–H groups in total. The minimum atomic E-state index is -0.600. The van der Waals surface area contributed by atoms with E-state index in [1.54, 1.807) is 45.0 Å². The number of alkyl halides is 1. The van der Waals surface area contributed by atoms with Gasteiger partial charge in [-0.1, -0.05) is 15.9 Å². The quantitative estimate of drug-likeness (QED) is 0.359. The van der Waals surface area contributed by atoms with Crippen molar-refractivity contribution >= 4 is 34.0 Å². The fraction of sp³-hybridized carbons (Fsp3) is 0.467. The average Bonchev–Trinajstić information content (AvgIpc) is 2.39. The van der Waals surface area contributed by atoms with Gasteiger partial charge in [0.25, 0.3) is 0 Å². The Bertz CT molecular complexity index is 469. The predicted octanol–water partition coefficient (Wildman–Crippen LogP) is 4.20. The van der Waals surface area contributed by atoms with Crippen LogP contribution in [0.25, 0.3) is 0 Å². The van der Waals surface area contributed by atoms with E-state index >= 15 is 0 Å². The Morgan fingerprint density at radius 3 is 2.43 bits per heavy atom. The molecule has 0 bridgehead atoms. The SMILES string of the molecule is CC(C)(C)OC(=O)N(C=N)c1ccc(OCCCBr)cc1. The Balaban J connectivity index is 2.73. The lowest BCUT2D eigenvalue weighted by molar-refractivity contribution is 0.0605. The summed E-state index contributed by atoms with van der Waals surface area (Å²) in [4.78, 5) is 13.1. The van der Waals surface area contributed by atoms with Crippen LogP contribution in [-0.2, 0) is 4.74 Å². The van der Waals surface area contributed by atoms with E-state index in [4.69, 9.17) is 14.9 Å². The number of nitrogens with zero attached hydrogens (tertiary/aromatic N) is 1. The number of hydrogen-bond donors (Lipinski definition) is 1. The number of ether oxygens (including phenoxy) is 2. The van der Waals surface area contributed by atoms with E-state index in [1.807, 2.05) is 0 Å². The van der Waals surface area contributed by atoms with Crippen LogP contribution in [0.5, 0.6) is 5.75 Å². The van der Waals surface area contributed by atoms with Crippen molar-refractivity contribution in [3.05, 3.63) is 24.3 Å². The molecule has 0 aromatic heterocycles. The van der Waals surface area contributed by atoms with Crippen molar-refractivity contribution in [2.24, 2.45) is 0 Å². The lowest BCUT2D eigenvalue weighted by atomic mass is 10.2. The van der Waals surface area contributed by atoms with Crippen molar-refractivity contribution in [2.45, 2.75) is 32.8 Å². The zero-order valence-electron chi connectivity index (χ0n) is 12.6. The molecule has 0 fully saturated rings. The molecule has 0 heterocycles. The second-order valence-electron chi connectivity index (χ2n) is 5.36. The molecule has 116 valence electrons. The third-order valence-electron chi connectivity index (χ3n) is 2.38. The van der Waals surface area contributed by atoms with Gasteiger partial charge in [0.05, 0.1) is 18.6 Å². The first kappa shape index (κ1) is 17.5. The molecule has 0 unspecified atom stereocenters. The highest BCUT2D eigenvalue weighted by Gasteiger charge is 2.22. The molecule has 1 aromatic rings. The van der Waals surface area contributed by atoms with Crippen LogP contribution in [-0.4, -0.2) is 30.0 Å². The Labute approximate surface area is 133 Å². The Morgan fingerprint density at radius 1 is 1.33 bits per heavy atom. The van der Waals surface area contributed by atoms with Crippen molar-refractivity contribution in [3.63, 3.8) is 0 Å². The monoisotopic (exact) mass is 356 g/mol. The van der Waals surface area contributed by atoms with E-state index in [9.17, 15) is 4.79 Å². The van der Waals surface area contributed by atoms with Crippen molar-refractivity contribution in [3.8, 4) is 5.75 Å². The van der Waals surface area contributed by atoms with Crippen LogP contribution in [0.15, 0.2) is 24.3 Å². The van der Waals surface area contributed by atoms with Gasteiger partial charge < -0.3 is 9.47 Å². The van der Waals surface area contributed by atoms with Crippen LogP contribution in [0.4, 0.5) is 10.5 Å². The van der Waals surface area contributed by atoms with Gasteiger partial charge in [0.2, 0.25) is 0 Å². The zero-order chi connectivity index (χ0) is 15.9. The summed E-state index contributed by atoms with van der Waals surface area (Å²) in [6.07, 6.45) is 1.28. The number of amides is 1. The van der Waals surface area contributed by atoms with Crippen molar-refractivity contribution < 1.29 is 14.3 Å². The molecule has 0 spiro atoms. The van der Waals surface area contributed by atoms with Crippen LogP contribution in [0, 0.1) is 5.41 Å². The summed E-state index contributed by atoms with van der Waals surface area (Å²) >= 11 is 3.34. The minimum absolute atomic E-state index is 0.562. The molecular formula is C15H21BrN2O3. The van der Waals surface area contributed by atoms with Gasteiger partial charge in [-0.3, -0.25) is 5.41 Å². The smallest absolute Gasteiger partial charge is 0.420 e. The lowest BCUT2D eigenvalue weighted by Crippen LogP contribution is -2.35. The van der Waals surface area contributed by atoms with Crippen molar-refractivity contribution in [1.29, 1.82) is 5.41 Å². The average molecular weight is 357 g/mol. The summed E-state index contributed by atoms with van der Waals surface area (Å²) in [5, 5.41) is 8.28. The van der Waals surface area contributed by atoms with E-state index in [0.29, 0.717) is 12.3 Å². The summed E-state index contributed by atoms with van der Waals surface area (Å²) in [5.41, 5.74) is -0.0380. The Morgan fingerprint density at radius 2 is 1.95 bits per heavy atom. The first-order chi connectivity index (χ1) is 9.87. The fourth-order valence-electron chi connectivity index (χ4n) is 1.49. The van der Waals surface area contributed by atoms with E-state index in [1.165, 1.54) is 0 Å². The van der Waals surface area contributed by atoms with Crippen LogP contribution in [0.3, 0.4) is 0 Å². The number of carbonyl (C=O) groups is 1. The second-order valence-corrected chi connectivity index (χ2v) is 6.16. The van der Waals surface area contributed by atoms with E-state index in [-0.39, 0.29) is 0 Å². The standard InChI is InChI=1S/C15H21BrN2O3/c1-15(2,3)21-14(19)18(11-17)12-5-7-13(8-6-12)20-10-4-9-16/h5-8,11,17H,4,9-10H2,1-3H3. The first-order valence-corrected chi connectivity index (χ1v) is 7.81. The highest BCUT2D eigenvalue weighted by atomic mass is 79.9. The molecule has 0 aliphatic heterocycles. The Kier molecular flexibility index (Phi) is 6.68. The molecular weight excluding hydrogens is 336 g/mol. The molecule has 0 saturated carbocycles. The van der Waals surface area contributed by atoms with Gasteiger partial charge in [-0.15, -0.1) is 0 Å². The molecule has 1 amide bonds. The normalized spacial score (nSPS) is 10.9. The van der Waals surface area contributed by atoms with E-state index in [0.717, 1.165) is 28.7 Å². The van der Waals surface area contributed by atoms with Gasteiger partial charge in [-0.2, -0.15) is 0 Å². The molecule has 0 aliphatic carbocycles. The van der Waals surface area contributed by atoms with Crippen molar-refractivity contribution in [1.82, 2.24) is 0 Å². The predicted molar refractivity (Wildman–Crippen MR) is 87.8 cm³/mol. The van der Waals surface area contributed by atoms with Crippen LogP contribution in [0.2, 0.25) is 0 Å². The number of halogens is 1. The first-order valence-electron chi connectivity index (χ1n) is 6.69. The molecule has 0 atom stereocenters. The molecule has 1 rings (SSSR count). The highest BCUT2D eigenvalue weighted by molar-refractivity contribution is 9.09. The summed E-state index contributed by atoms with van der Waals surface area (Å²) < 4.78 is 10.8. The maximum absolute atomic E-state index is 12.0. The van der Waals surface area contributed by atoms with Crippen LogP contribution >= 0.6 is 15.9 Å². The number of nitrogens with one attached hydrogen (secondary N) is 1. The van der Waals surface area contributed by atoms with Gasteiger partial charge in [-0.25, -0.2) is 9.69 Å². The third-order valence-corrected chi connectivity index (χ3v) is 2.94. The molecule has 0 saturated heterocycles. The number of anilines is 1. The Hall–Kier alpha value is -1.56. The van der Waals surface area contributed by atoms with Gasteiger partial charge in [0.1, 0.15) is 11.4 Å². The molecule has 1 aromatic carbocycles. The number of rotatable bonds is 6. The summed E-state index contributed by atoms with van der Waals surface area (Å²) in [6, 6.07) is 6.98. The number of carbonyl (C=O) groups excluding carboxylic acids is 1. The maximum atomic E-state index is 12.0. The maximum Gasteiger partial charge on any atom is 0.420 e. The second kappa shape index (κ2) is 8.02.